The maximum atomic E-state index is 14.8. The van der Waals surface area contributed by atoms with E-state index in [2.05, 4.69) is 19.9 Å². The van der Waals surface area contributed by atoms with Crippen LogP contribution in [-0.4, -0.2) is 98.4 Å². The highest BCUT2D eigenvalue weighted by Crippen LogP contribution is 2.37. The fourth-order valence-corrected chi connectivity index (χ4v) is 10.6. The summed E-state index contributed by atoms with van der Waals surface area (Å²) in [5.41, 5.74) is -0.0683. The summed E-state index contributed by atoms with van der Waals surface area (Å²) < 4.78 is 136. The number of nitrogens with zero attached hydrogens (tertiary/aromatic N) is 2. The Morgan fingerprint density at radius 1 is 0.982 bits per heavy atom. The molecule has 2 aromatic heterocycles. The van der Waals surface area contributed by atoms with Gasteiger partial charge in [-0.15, -0.1) is 11.3 Å². The lowest BCUT2D eigenvalue weighted by molar-refractivity contribution is -0.205. The fourth-order valence-electron chi connectivity index (χ4n) is 6.73. The van der Waals surface area contributed by atoms with E-state index in [-0.39, 0.29) is 42.9 Å². The van der Waals surface area contributed by atoms with Crippen molar-refractivity contribution in [2.75, 3.05) is 45.9 Å². The van der Waals surface area contributed by atoms with E-state index in [4.69, 9.17) is 9.47 Å². The molecular weight excluding hydrogens is 834 g/mol. The molecule has 2 fully saturated rings. The number of hydrogen-bond donors (Lipinski definition) is 2. The number of morpholine rings is 1. The van der Waals surface area contributed by atoms with Crippen LogP contribution in [0.3, 0.4) is 0 Å². The minimum Gasteiger partial charge on any atom is -0.449 e. The number of ether oxygens (including phenoxy) is 3. The topological polar surface area (TPSA) is 147 Å². The first-order valence-electron chi connectivity index (χ1n) is 17.4. The minimum atomic E-state index is -5.41. The summed E-state index contributed by atoms with van der Waals surface area (Å²) in [6, 6.07) is 9.62. The van der Waals surface area contributed by atoms with E-state index in [0.29, 0.717) is 59.1 Å². The van der Waals surface area contributed by atoms with E-state index < -0.39 is 74.5 Å². The predicted molar refractivity (Wildman–Crippen MR) is 193 cm³/mol. The van der Waals surface area contributed by atoms with Crippen LogP contribution in [0.15, 0.2) is 51.5 Å². The molecule has 22 heteroatoms. The average molecular weight is 869 g/mol. The molecule has 57 heavy (non-hydrogen) atoms. The van der Waals surface area contributed by atoms with Crippen molar-refractivity contribution in [3.05, 3.63) is 79.5 Å². The van der Waals surface area contributed by atoms with Crippen LogP contribution in [0.1, 0.15) is 40.5 Å². The quantitative estimate of drug-likeness (QED) is 0.0799. The monoisotopic (exact) mass is 868 g/mol. The molecule has 0 unspecified atom stereocenters. The van der Waals surface area contributed by atoms with E-state index in [1.165, 1.54) is 27.8 Å². The number of alkyl halides is 6. The molecule has 4 heterocycles. The van der Waals surface area contributed by atoms with Crippen molar-refractivity contribution in [1.82, 2.24) is 19.5 Å². The van der Waals surface area contributed by atoms with E-state index in [1.807, 2.05) is 6.92 Å². The van der Waals surface area contributed by atoms with Gasteiger partial charge in [0.25, 0.3) is 10.0 Å². The number of H-pyrrole nitrogens is 1. The third-order valence-electron chi connectivity index (χ3n) is 9.47. The number of carbonyl (C=O) groups excluding carboxylic acids is 2. The van der Waals surface area contributed by atoms with Gasteiger partial charge in [-0.3, -0.25) is 9.69 Å². The third-order valence-corrected chi connectivity index (χ3v) is 13.7. The van der Waals surface area contributed by atoms with Crippen LogP contribution in [0.4, 0.5) is 30.7 Å². The molecule has 6 rings (SSSR count). The Morgan fingerprint density at radius 3 is 2.35 bits per heavy atom. The highest BCUT2D eigenvalue weighted by molar-refractivity contribution is 7.91. The van der Waals surface area contributed by atoms with Crippen LogP contribution in [0.5, 0.6) is 5.75 Å². The summed E-state index contributed by atoms with van der Waals surface area (Å²) in [5.74, 6) is -6.42. The van der Waals surface area contributed by atoms with Crippen LogP contribution >= 0.6 is 22.7 Å². The number of piperidine rings is 1. The van der Waals surface area contributed by atoms with Gasteiger partial charge in [-0.1, -0.05) is 17.4 Å². The molecule has 1 atom stereocenters. The Hall–Kier alpha value is -3.93. The van der Waals surface area contributed by atoms with Crippen molar-refractivity contribution in [2.45, 2.75) is 61.0 Å². The number of nitrogens with one attached hydrogen (secondary N) is 2. The summed E-state index contributed by atoms with van der Waals surface area (Å²) in [5, 5.41) is 2.85. The van der Waals surface area contributed by atoms with Gasteiger partial charge in [0, 0.05) is 49.7 Å². The maximum absolute atomic E-state index is 14.8. The van der Waals surface area contributed by atoms with E-state index in [0.717, 1.165) is 17.0 Å². The Labute approximate surface area is 328 Å². The lowest BCUT2D eigenvalue weighted by atomic mass is 9.89. The zero-order chi connectivity index (χ0) is 41.3. The zero-order valence-electron chi connectivity index (χ0n) is 29.9. The van der Waals surface area contributed by atoms with Gasteiger partial charge in [-0.05, 0) is 80.3 Å². The lowest BCUT2D eigenvalue weighted by Crippen LogP contribution is -2.57. The molecule has 1 spiro atoms. The predicted octanol–water partition coefficient (Wildman–Crippen LogP) is 5.60. The summed E-state index contributed by atoms with van der Waals surface area (Å²) in [7, 11) is -3.66. The summed E-state index contributed by atoms with van der Waals surface area (Å²) in [6.07, 6.45) is -11.2. The summed E-state index contributed by atoms with van der Waals surface area (Å²) in [6.45, 7) is 3.68. The molecule has 0 amide bonds. The molecule has 0 bridgehead atoms. The smallest absolute Gasteiger partial charge is 0.449 e. The highest BCUT2D eigenvalue weighted by Gasteiger charge is 2.45. The number of rotatable bonds is 12. The molecule has 0 radical (unpaired) electrons. The van der Waals surface area contributed by atoms with Gasteiger partial charge in [0.05, 0.1) is 16.9 Å². The number of likely N-dealkylation sites (tertiary alicyclic amines) is 1. The minimum absolute atomic E-state index is 0.0464. The molecule has 310 valence electrons. The Balaban J connectivity index is 1.08. The number of sulfonamides is 1. The van der Waals surface area contributed by atoms with Crippen LogP contribution in [-0.2, 0) is 42.1 Å². The average Bonchev–Trinajstić information content (AvgIpc) is 3.76. The van der Waals surface area contributed by atoms with E-state index in [1.54, 1.807) is 18.2 Å². The van der Waals surface area contributed by atoms with Crippen molar-refractivity contribution in [1.29, 1.82) is 0 Å². The van der Waals surface area contributed by atoms with Crippen molar-refractivity contribution in [2.24, 2.45) is 0 Å². The largest absolute Gasteiger partial charge is 0.491 e. The van der Waals surface area contributed by atoms with Crippen LogP contribution in [0, 0.1) is 12.7 Å². The van der Waals surface area contributed by atoms with Crippen molar-refractivity contribution >= 4 is 54.9 Å². The first-order valence-corrected chi connectivity index (χ1v) is 20.4. The number of aromatic amines is 1. The first-order chi connectivity index (χ1) is 26.7. The molecule has 12 nitrogen and oxygen atoms in total. The molecule has 2 N–H and O–H groups in total. The number of thiazole rings is 1. The summed E-state index contributed by atoms with van der Waals surface area (Å²) >= 11 is 1.61. The number of halogens is 7. The summed E-state index contributed by atoms with van der Waals surface area (Å²) in [4.78, 5) is 39.8. The molecular formula is C35H35F7N4O8S3. The number of carbonyl (C=O) groups is 2. The van der Waals surface area contributed by atoms with Crippen molar-refractivity contribution in [3.8, 4) is 5.75 Å². The number of aromatic nitrogens is 1. The zero-order valence-corrected chi connectivity index (χ0v) is 32.4. The first kappa shape index (κ1) is 42.7. The van der Waals surface area contributed by atoms with Gasteiger partial charge in [-0.2, -0.15) is 30.6 Å². The van der Waals surface area contributed by atoms with Gasteiger partial charge >= 0.3 is 29.2 Å². The third kappa shape index (κ3) is 10.2. The van der Waals surface area contributed by atoms with Gasteiger partial charge < -0.3 is 24.5 Å². The molecule has 0 aliphatic carbocycles. The number of benzene rings is 2. The van der Waals surface area contributed by atoms with Gasteiger partial charge in [0.15, 0.2) is 5.75 Å². The molecule has 2 saturated heterocycles. The van der Waals surface area contributed by atoms with E-state index >= 15 is 0 Å². The van der Waals surface area contributed by atoms with Crippen molar-refractivity contribution in [3.63, 3.8) is 0 Å². The number of hydrogen-bond acceptors (Lipinski definition) is 12. The van der Waals surface area contributed by atoms with Crippen LogP contribution < -0.4 is 14.9 Å². The number of thiophene rings is 1. The van der Waals surface area contributed by atoms with Crippen LogP contribution in [0.25, 0.3) is 10.2 Å². The van der Waals surface area contributed by atoms with E-state index in [9.17, 15) is 53.5 Å². The van der Waals surface area contributed by atoms with Gasteiger partial charge in [0.1, 0.15) is 21.6 Å². The van der Waals surface area contributed by atoms with Gasteiger partial charge in [-0.25, -0.2) is 22.4 Å². The fraction of sp³-hybridized carbons (Fsp3) is 0.457. The Bertz CT molecular complexity index is 2280. The second-order valence-corrected chi connectivity index (χ2v) is 18.0. The second kappa shape index (κ2) is 16.7. The maximum Gasteiger partial charge on any atom is 0.491 e. The molecule has 0 saturated carbocycles. The SMILES string of the molecule is Cc1ccc(S(=O)(=O)N2CCOC3(CCN(Cc4cc(F)cc(CCNC[C@H](OC(=O)C(F)(F)F)c5ccc(OC(=O)C(F)(F)F)c6[nH]c(=O)sc56)c4)CC3)C2)s1. The Kier molecular flexibility index (Phi) is 12.5. The second-order valence-electron chi connectivity index (χ2n) is 13.6. The molecule has 2 aromatic carbocycles. The number of fused-ring (bicyclic) bond motifs is 1. The van der Waals surface area contributed by atoms with Gasteiger partial charge in [0.2, 0.25) is 0 Å². The lowest BCUT2D eigenvalue weighted by Gasteiger charge is -2.46. The number of aryl methyl sites for hydroxylation is 1. The molecule has 2 aliphatic heterocycles. The normalized spacial score (nSPS) is 17.5. The molecule has 2 aliphatic rings. The highest BCUT2D eigenvalue weighted by atomic mass is 32.2. The van der Waals surface area contributed by atoms with Crippen LogP contribution in [0.2, 0.25) is 0 Å². The van der Waals surface area contributed by atoms with Crippen molar-refractivity contribution < 1.29 is 63.0 Å². The molecule has 4 aromatic rings. The standard InChI is InChI=1S/C35H35F7N4O8S3/c1-20-2-5-27(55-20)57(50,51)46-12-13-52-33(19-46)7-10-45(11-8-33)18-22-14-21(15-23(36)16-22)6-9-43-17-26(54-31(48)35(40,41)42)24-3-4-25(53-30(47)34(37,38)39)28-29(24)56-32(49)44-28/h2-5,14-16,26,43H,6-13,17-19H2,1H3,(H,44,49)/t26-/m0/s1. The Morgan fingerprint density at radius 2 is 1.68 bits per heavy atom. The number of esters is 2.